The smallest absolute Gasteiger partial charge is 0.450 e. The van der Waals surface area contributed by atoms with E-state index in [9.17, 15) is 22.8 Å². The monoisotopic (exact) mass is 523 g/mol. The minimum absolute atomic E-state index is 0.132. The predicted octanol–water partition coefficient (Wildman–Crippen LogP) is 5.52. The van der Waals surface area contributed by atoms with Crippen LogP contribution in [0.1, 0.15) is 18.2 Å². The highest BCUT2D eigenvalue weighted by Crippen LogP contribution is 2.36. The summed E-state index contributed by atoms with van der Waals surface area (Å²) in [5, 5.41) is 10.2. The molecule has 0 unspecified atom stereocenters. The van der Waals surface area contributed by atoms with Gasteiger partial charge in [-0.1, -0.05) is 30.3 Å². The Morgan fingerprint density at radius 2 is 1.84 bits per heavy atom. The van der Waals surface area contributed by atoms with Gasteiger partial charge >= 0.3 is 12.5 Å². The number of aromatic nitrogens is 4. The van der Waals surface area contributed by atoms with E-state index >= 15 is 0 Å². The van der Waals surface area contributed by atoms with Crippen LogP contribution in [0.25, 0.3) is 32.9 Å². The van der Waals surface area contributed by atoms with E-state index < -0.39 is 12.5 Å². The van der Waals surface area contributed by atoms with Gasteiger partial charge in [-0.2, -0.15) is 5.10 Å². The lowest BCUT2D eigenvalue weighted by Crippen LogP contribution is -2.17. The Balaban J connectivity index is 1.54. The van der Waals surface area contributed by atoms with Gasteiger partial charge in [-0.05, 0) is 48.4 Å². The zero-order valence-electron chi connectivity index (χ0n) is 19.8. The molecule has 3 N–H and O–H groups in total. The van der Waals surface area contributed by atoms with E-state index in [1.165, 1.54) is 12.1 Å². The average Bonchev–Trinajstić information content (AvgIpc) is 3.27. The van der Waals surface area contributed by atoms with Crippen molar-refractivity contribution in [3.63, 3.8) is 0 Å². The molecule has 0 aliphatic carbocycles. The number of ether oxygens (including phenoxy) is 2. The standard InChI is InChI=1S/C26H20F3N5O4/c1-2-37-25(36)32-24-30-19-9-8-15(13-21(19)31-24)18-11-14(7-10-22(18)38-26(27,28)29)12-20-16-5-3-4-6-17(16)23(35)34-33-20/h3-11,13H,2,12H2,1H3,(H,34,35)(H2,30,31,32,36). The van der Waals surface area contributed by atoms with Crippen molar-refractivity contribution in [3.05, 3.63) is 82.3 Å². The lowest BCUT2D eigenvalue weighted by atomic mass is 9.98. The lowest BCUT2D eigenvalue weighted by molar-refractivity contribution is -0.274. The van der Waals surface area contributed by atoms with Crippen molar-refractivity contribution >= 4 is 33.8 Å². The van der Waals surface area contributed by atoms with Crippen LogP contribution >= 0.6 is 0 Å². The first kappa shape index (κ1) is 24.8. The van der Waals surface area contributed by atoms with Gasteiger partial charge in [0.1, 0.15) is 5.75 Å². The fourth-order valence-corrected chi connectivity index (χ4v) is 4.12. The third kappa shape index (κ3) is 5.28. The van der Waals surface area contributed by atoms with Crippen molar-refractivity contribution in [2.75, 3.05) is 11.9 Å². The Hall–Kier alpha value is -4.87. The Kier molecular flexibility index (Phi) is 6.45. The number of imidazole rings is 1. The molecule has 5 aromatic rings. The molecule has 9 nitrogen and oxygen atoms in total. The highest BCUT2D eigenvalue weighted by atomic mass is 19.4. The van der Waals surface area contributed by atoms with Gasteiger partial charge in [-0.25, -0.2) is 14.9 Å². The summed E-state index contributed by atoms with van der Waals surface area (Å²) in [5.41, 5.74) is 2.43. The number of aromatic amines is 2. The van der Waals surface area contributed by atoms with Gasteiger partial charge in [-0.15, -0.1) is 13.2 Å². The molecule has 0 radical (unpaired) electrons. The number of alkyl halides is 3. The maximum atomic E-state index is 13.2. The summed E-state index contributed by atoms with van der Waals surface area (Å²) >= 11 is 0. The normalized spacial score (nSPS) is 11.6. The number of carbonyl (C=O) groups excluding carboxylic acids is 1. The van der Waals surface area contributed by atoms with Crippen LogP contribution in [0.4, 0.5) is 23.9 Å². The minimum Gasteiger partial charge on any atom is -0.450 e. The van der Waals surface area contributed by atoms with Gasteiger partial charge in [0, 0.05) is 17.4 Å². The van der Waals surface area contributed by atoms with Gasteiger partial charge in [0.2, 0.25) is 5.95 Å². The number of halogens is 3. The number of rotatable bonds is 6. The van der Waals surface area contributed by atoms with Crippen LogP contribution in [0.3, 0.4) is 0 Å². The van der Waals surface area contributed by atoms with Gasteiger partial charge in [0.15, 0.2) is 0 Å². The van der Waals surface area contributed by atoms with Crippen LogP contribution in [0.5, 0.6) is 5.75 Å². The second kappa shape index (κ2) is 9.88. The molecule has 0 bridgehead atoms. The second-order valence-electron chi connectivity index (χ2n) is 8.26. The number of H-pyrrole nitrogens is 2. The zero-order chi connectivity index (χ0) is 26.9. The van der Waals surface area contributed by atoms with Crippen molar-refractivity contribution < 1.29 is 27.4 Å². The van der Waals surface area contributed by atoms with E-state index in [2.05, 4.69) is 30.2 Å². The summed E-state index contributed by atoms with van der Waals surface area (Å²) in [5.74, 6) is -0.257. The van der Waals surface area contributed by atoms with Gasteiger partial charge in [-0.3, -0.25) is 10.1 Å². The third-order valence-electron chi connectivity index (χ3n) is 5.71. The maximum Gasteiger partial charge on any atom is 0.573 e. The molecular formula is C26H20F3N5O4. The molecule has 2 aromatic heterocycles. The van der Waals surface area contributed by atoms with Crippen LogP contribution in [-0.4, -0.2) is 39.2 Å². The summed E-state index contributed by atoms with van der Waals surface area (Å²) in [7, 11) is 0. The summed E-state index contributed by atoms with van der Waals surface area (Å²) in [6, 6.07) is 16.1. The molecule has 3 aromatic carbocycles. The molecule has 0 saturated heterocycles. The number of hydrogen-bond acceptors (Lipinski definition) is 6. The molecule has 38 heavy (non-hydrogen) atoms. The Morgan fingerprint density at radius 3 is 2.61 bits per heavy atom. The highest BCUT2D eigenvalue weighted by Gasteiger charge is 2.32. The molecule has 0 atom stereocenters. The number of amides is 1. The maximum absolute atomic E-state index is 13.2. The fourth-order valence-electron chi connectivity index (χ4n) is 4.12. The number of carbonyl (C=O) groups is 1. The molecule has 2 heterocycles. The van der Waals surface area contributed by atoms with E-state index in [1.807, 2.05) is 0 Å². The van der Waals surface area contributed by atoms with Crippen LogP contribution in [0, 0.1) is 0 Å². The number of nitrogens with one attached hydrogen (secondary N) is 3. The Bertz CT molecular complexity index is 1710. The van der Waals surface area contributed by atoms with Crippen molar-refractivity contribution in [3.8, 4) is 16.9 Å². The molecule has 12 heteroatoms. The molecular weight excluding hydrogens is 503 g/mol. The summed E-state index contributed by atoms with van der Waals surface area (Å²) < 4.78 is 48.8. The number of benzene rings is 3. The van der Waals surface area contributed by atoms with E-state index in [-0.39, 0.29) is 35.8 Å². The first-order valence-electron chi connectivity index (χ1n) is 11.5. The van der Waals surface area contributed by atoms with Crippen molar-refractivity contribution in [1.29, 1.82) is 0 Å². The van der Waals surface area contributed by atoms with Crippen LogP contribution in [0.15, 0.2) is 65.5 Å². The van der Waals surface area contributed by atoms with Crippen LogP contribution in [0.2, 0.25) is 0 Å². The SMILES string of the molecule is CCOC(=O)Nc1nc2cc(-c3cc(Cc4n[nH]c(=O)c5ccccc45)ccc3OC(F)(F)F)ccc2[nH]1. The van der Waals surface area contributed by atoms with Gasteiger partial charge < -0.3 is 14.5 Å². The van der Waals surface area contributed by atoms with E-state index in [4.69, 9.17) is 4.74 Å². The third-order valence-corrected chi connectivity index (χ3v) is 5.71. The Labute approximate surface area is 212 Å². The molecule has 0 spiro atoms. The van der Waals surface area contributed by atoms with E-state index in [1.54, 1.807) is 55.5 Å². The molecule has 0 saturated carbocycles. The number of nitrogens with zero attached hydrogens (tertiary/aromatic N) is 2. The Morgan fingerprint density at radius 1 is 1.05 bits per heavy atom. The average molecular weight is 523 g/mol. The minimum atomic E-state index is -4.90. The molecule has 0 fully saturated rings. The molecule has 1 amide bonds. The quantitative estimate of drug-likeness (QED) is 0.269. The number of hydrogen-bond donors (Lipinski definition) is 3. The first-order valence-corrected chi connectivity index (χ1v) is 11.5. The summed E-state index contributed by atoms with van der Waals surface area (Å²) in [6.45, 7) is 1.84. The van der Waals surface area contributed by atoms with Crippen molar-refractivity contribution in [2.24, 2.45) is 0 Å². The van der Waals surface area contributed by atoms with E-state index in [0.29, 0.717) is 38.6 Å². The summed E-state index contributed by atoms with van der Waals surface area (Å²) in [6.07, 6.45) is -5.35. The first-order chi connectivity index (χ1) is 18.2. The molecule has 0 aliphatic heterocycles. The van der Waals surface area contributed by atoms with Gasteiger partial charge in [0.05, 0.1) is 28.7 Å². The van der Waals surface area contributed by atoms with E-state index in [0.717, 1.165) is 0 Å². The molecule has 194 valence electrons. The zero-order valence-corrected chi connectivity index (χ0v) is 19.8. The lowest BCUT2D eigenvalue weighted by Gasteiger charge is -2.15. The largest absolute Gasteiger partial charge is 0.573 e. The highest BCUT2D eigenvalue weighted by molar-refractivity contribution is 5.89. The fraction of sp³-hybridized carbons (Fsp3) is 0.154. The topological polar surface area (TPSA) is 122 Å². The van der Waals surface area contributed by atoms with Crippen LogP contribution < -0.4 is 15.6 Å². The van der Waals surface area contributed by atoms with Gasteiger partial charge in [0.25, 0.3) is 5.56 Å². The summed E-state index contributed by atoms with van der Waals surface area (Å²) in [4.78, 5) is 31.0. The van der Waals surface area contributed by atoms with Crippen molar-refractivity contribution in [2.45, 2.75) is 19.7 Å². The van der Waals surface area contributed by atoms with Crippen LogP contribution in [-0.2, 0) is 11.2 Å². The number of fused-ring (bicyclic) bond motifs is 2. The van der Waals surface area contributed by atoms with Crippen molar-refractivity contribution in [1.82, 2.24) is 20.2 Å². The molecule has 0 aliphatic rings. The molecule has 5 rings (SSSR count). The number of anilines is 1. The second-order valence-corrected chi connectivity index (χ2v) is 8.26. The predicted molar refractivity (Wildman–Crippen MR) is 134 cm³/mol.